The highest BCUT2D eigenvalue weighted by Gasteiger charge is 2.16. The smallest absolute Gasteiger partial charge is 0.371 e. The molecule has 2 aromatic rings. The predicted molar refractivity (Wildman–Crippen MR) is 68.2 cm³/mol. The fourth-order valence-corrected chi connectivity index (χ4v) is 2.92. The summed E-state index contributed by atoms with van der Waals surface area (Å²) in [6.07, 6.45) is 3.32. The number of thioether (sulfide) groups is 1. The van der Waals surface area contributed by atoms with Crippen LogP contribution in [0.15, 0.2) is 21.6 Å². The summed E-state index contributed by atoms with van der Waals surface area (Å²) in [6.45, 7) is 0.969. The van der Waals surface area contributed by atoms with Crippen molar-refractivity contribution >= 4 is 17.7 Å². The molecule has 6 nitrogen and oxygen atoms in total. The van der Waals surface area contributed by atoms with E-state index in [-0.39, 0.29) is 5.76 Å². The van der Waals surface area contributed by atoms with Gasteiger partial charge >= 0.3 is 5.97 Å². The molecule has 1 aliphatic heterocycles. The Morgan fingerprint density at radius 1 is 1.42 bits per heavy atom. The molecule has 0 bridgehead atoms. The number of fused-ring (bicyclic) bond motifs is 1. The zero-order chi connectivity index (χ0) is 13.2. The van der Waals surface area contributed by atoms with Gasteiger partial charge in [0.25, 0.3) is 0 Å². The average molecular weight is 279 g/mol. The van der Waals surface area contributed by atoms with Gasteiger partial charge in [-0.15, -0.1) is 10.2 Å². The SMILES string of the molecule is O=C(O)c1ccc(SCc2nnc3n2CCCC3)o1. The first kappa shape index (κ1) is 12.3. The molecule has 3 heterocycles. The molecular weight excluding hydrogens is 266 g/mol. The zero-order valence-corrected chi connectivity index (χ0v) is 11.0. The van der Waals surface area contributed by atoms with E-state index < -0.39 is 5.97 Å². The number of rotatable bonds is 4. The van der Waals surface area contributed by atoms with Gasteiger partial charge in [0.15, 0.2) is 5.09 Å². The number of aromatic carboxylic acids is 1. The van der Waals surface area contributed by atoms with Crippen molar-refractivity contribution in [2.45, 2.75) is 36.7 Å². The number of hydrogen-bond donors (Lipinski definition) is 1. The first-order valence-electron chi connectivity index (χ1n) is 6.11. The van der Waals surface area contributed by atoms with Gasteiger partial charge in [0, 0.05) is 13.0 Å². The van der Waals surface area contributed by atoms with Crippen molar-refractivity contribution in [1.82, 2.24) is 14.8 Å². The molecule has 0 radical (unpaired) electrons. The summed E-state index contributed by atoms with van der Waals surface area (Å²) in [5.41, 5.74) is 0. The topological polar surface area (TPSA) is 81.1 Å². The van der Waals surface area contributed by atoms with Gasteiger partial charge in [0.2, 0.25) is 5.76 Å². The van der Waals surface area contributed by atoms with E-state index in [1.807, 2.05) is 0 Å². The Labute approximate surface area is 113 Å². The Kier molecular flexibility index (Phi) is 3.29. The summed E-state index contributed by atoms with van der Waals surface area (Å²) in [5.74, 6) is 1.53. The van der Waals surface area contributed by atoms with Gasteiger partial charge in [-0.25, -0.2) is 4.79 Å². The lowest BCUT2D eigenvalue weighted by Crippen LogP contribution is -2.12. The summed E-state index contributed by atoms with van der Waals surface area (Å²) in [5, 5.41) is 17.7. The molecule has 19 heavy (non-hydrogen) atoms. The van der Waals surface area contributed by atoms with Crippen molar-refractivity contribution in [2.24, 2.45) is 0 Å². The normalized spacial score (nSPS) is 14.3. The highest BCUT2D eigenvalue weighted by atomic mass is 32.2. The number of carbonyl (C=O) groups is 1. The van der Waals surface area contributed by atoms with E-state index >= 15 is 0 Å². The molecule has 0 spiro atoms. The monoisotopic (exact) mass is 279 g/mol. The molecule has 0 atom stereocenters. The maximum Gasteiger partial charge on any atom is 0.371 e. The van der Waals surface area contributed by atoms with Crippen molar-refractivity contribution in [3.8, 4) is 0 Å². The summed E-state index contributed by atoms with van der Waals surface area (Å²) in [4.78, 5) is 10.7. The average Bonchev–Trinajstić information content (AvgIpc) is 3.03. The first-order valence-corrected chi connectivity index (χ1v) is 7.09. The molecular formula is C12H13N3O3S. The second-order valence-corrected chi connectivity index (χ2v) is 5.33. The van der Waals surface area contributed by atoms with Gasteiger partial charge in [-0.1, -0.05) is 11.8 Å². The maximum absolute atomic E-state index is 10.7. The molecule has 0 aliphatic carbocycles. The molecule has 0 saturated carbocycles. The zero-order valence-electron chi connectivity index (χ0n) is 10.2. The van der Waals surface area contributed by atoms with Crippen LogP contribution in [0.1, 0.15) is 35.0 Å². The van der Waals surface area contributed by atoms with E-state index in [1.54, 1.807) is 6.07 Å². The number of hydrogen-bond acceptors (Lipinski definition) is 5. The van der Waals surface area contributed by atoms with Crippen LogP contribution in [-0.4, -0.2) is 25.8 Å². The second kappa shape index (κ2) is 5.08. The number of aromatic nitrogens is 3. The Balaban J connectivity index is 1.68. The minimum Gasteiger partial charge on any atom is -0.475 e. The molecule has 7 heteroatoms. The van der Waals surface area contributed by atoms with Crippen molar-refractivity contribution in [2.75, 3.05) is 0 Å². The summed E-state index contributed by atoms with van der Waals surface area (Å²) in [6, 6.07) is 3.13. The predicted octanol–water partition coefficient (Wildman–Crippen LogP) is 2.20. The van der Waals surface area contributed by atoms with E-state index in [0.717, 1.165) is 31.0 Å². The van der Waals surface area contributed by atoms with Crippen LogP contribution in [0.25, 0.3) is 0 Å². The molecule has 3 rings (SSSR count). The van der Waals surface area contributed by atoms with Crippen LogP contribution in [0.4, 0.5) is 0 Å². The lowest BCUT2D eigenvalue weighted by Gasteiger charge is -2.14. The van der Waals surface area contributed by atoms with Crippen molar-refractivity contribution in [3.63, 3.8) is 0 Å². The van der Waals surface area contributed by atoms with Crippen molar-refractivity contribution in [3.05, 3.63) is 29.5 Å². The second-order valence-electron chi connectivity index (χ2n) is 4.35. The molecule has 1 aliphatic rings. The molecule has 0 saturated heterocycles. The van der Waals surface area contributed by atoms with Crippen LogP contribution in [0.3, 0.4) is 0 Å². The number of furan rings is 1. The van der Waals surface area contributed by atoms with Gasteiger partial charge in [0.1, 0.15) is 11.6 Å². The van der Waals surface area contributed by atoms with Crippen molar-refractivity contribution < 1.29 is 14.3 Å². The molecule has 0 unspecified atom stereocenters. The Morgan fingerprint density at radius 2 is 2.32 bits per heavy atom. The van der Waals surface area contributed by atoms with Crippen LogP contribution < -0.4 is 0 Å². The first-order chi connectivity index (χ1) is 9.24. The number of carboxylic acids is 1. The summed E-state index contributed by atoms with van der Waals surface area (Å²) in [7, 11) is 0. The van der Waals surface area contributed by atoms with Gasteiger partial charge in [-0.3, -0.25) is 0 Å². The largest absolute Gasteiger partial charge is 0.475 e. The van der Waals surface area contributed by atoms with E-state index in [9.17, 15) is 4.79 Å². The van der Waals surface area contributed by atoms with Crippen LogP contribution in [0.2, 0.25) is 0 Å². The summed E-state index contributed by atoms with van der Waals surface area (Å²) < 4.78 is 7.34. The van der Waals surface area contributed by atoms with Crippen LogP contribution in [0.5, 0.6) is 0 Å². The highest BCUT2D eigenvalue weighted by Crippen LogP contribution is 2.25. The molecule has 2 aromatic heterocycles. The van der Waals surface area contributed by atoms with Crippen LogP contribution in [0, 0.1) is 0 Å². The third kappa shape index (κ3) is 2.51. The highest BCUT2D eigenvalue weighted by molar-refractivity contribution is 7.98. The van der Waals surface area contributed by atoms with Gasteiger partial charge in [0.05, 0.1) is 5.75 Å². The van der Waals surface area contributed by atoms with Crippen LogP contribution in [-0.2, 0) is 18.7 Å². The number of carboxylic acid groups (broad SMARTS) is 1. The number of nitrogens with zero attached hydrogens (tertiary/aromatic N) is 3. The standard InChI is InChI=1S/C12H13N3O3S/c16-12(17)8-4-5-11(18-8)19-7-10-14-13-9-3-1-2-6-15(9)10/h4-5H,1-3,6-7H2,(H,16,17). The van der Waals surface area contributed by atoms with Gasteiger partial charge < -0.3 is 14.1 Å². The van der Waals surface area contributed by atoms with E-state index in [0.29, 0.717) is 10.8 Å². The van der Waals surface area contributed by atoms with Gasteiger partial charge in [-0.05, 0) is 25.0 Å². The third-order valence-electron chi connectivity index (χ3n) is 3.07. The molecule has 100 valence electrons. The quantitative estimate of drug-likeness (QED) is 0.864. The van der Waals surface area contributed by atoms with Crippen LogP contribution >= 0.6 is 11.8 Å². The molecule has 0 amide bonds. The van der Waals surface area contributed by atoms with E-state index in [2.05, 4.69) is 14.8 Å². The minimum atomic E-state index is -1.05. The van der Waals surface area contributed by atoms with E-state index in [4.69, 9.17) is 9.52 Å². The fourth-order valence-electron chi connectivity index (χ4n) is 2.12. The Hall–Kier alpha value is -1.76. The van der Waals surface area contributed by atoms with Gasteiger partial charge in [-0.2, -0.15) is 0 Å². The maximum atomic E-state index is 10.7. The molecule has 1 N–H and O–H groups in total. The van der Waals surface area contributed by atoms with Crippen molar-refractivity contribution in [1.29, 1.82) is 0 Å². The fraction of sp³-hybridized carbons (Fsp3) is 0.417. The Morgan fingerprint density at radius 3 is 3.11 bits per heavy atom. The Bertz CT molecular complexity index is 605. The molecule has 0 fully saturated rings. The van der Waals surface area contributed by atoms with E-state index in [1.165, 1.54) is 24.2 Å². The summed E-state index contributed by atoms with van der Waals surface area (Å²) >= 11 is 1.44. The molecule has 0 aromatic carbocycles. The lowest BCUT2D eigenvalue weighted by atomic mass is 10.2. The third-order valence-corrected chi connectivity index (χ3v) is 3.98. The lowest BCUT2D eigenvalue weighted by molar-refractivity contribution is 0.0656. The number of aryl methyl sites for hydroxylation is 1. The minimum absolute atomic E-state index is 0.0363.